The largest absolute Gasteiger partial charge is 0.380 e. The van der Waals surface area contributed by atoms with Gasteiger partial charge in [0, 0.05) is 11.1 Å². The Morgan fingerprint density at radius 1 is 1.62 bits per heavy atom. The number of carbonyl (C=O) groups is 1. The van der Waals surface area contributed by atoms with Gasteiger partial charge in [0.2, 0.25) is 0 Å². The second-order valence-corrected chi connectivity index (χ2v) is 5.59. The Labute approximate surface area is 98.7 Å². The van der Waals surface area contributed by atoms with Gasteiger partial charge in [-0.15, -0.1) is 11.3 Å². The maximum absolute atomic E-state index is 11.8. The molecule has 1 fully saturated rings. The Bertz CT molecular complexity index is 383. The van der Waals surface area contributed by atoms with Gasteiger partial charge in [0.25, 0.3) is 5.91 Å². The number of rotatable bonds is 3. The van der Waals surface area contributed by atoms with E-state index in [0.29, 0.717) is 19.4 Å². The first-order valence-corrected chi connectivity index (χ1v) is 6.34. The van der Waals surface area contributed by atoms with Gasteiger partial charge in [-0.1, -0.05) is 0 Å². The summed E-state index contributed by atoms with van der Waals surface area (Å²) in [5.74, 6) is -0.240. The third kappa shape index (κ3) is 2.41. The zero-order valence-electron chi connectivity index (χ0n) is 9.32. The minimum Gasteiger partial charge on any atom is -0.380 e. The highest BCUT2D eigenvalue weighted by atomic mass is 32.1. The molecule has 4 nitrogen and oxygen atoms in total. The van der Waals surface area contributed by atoms with Gasteiger partial charge >= 0.3 is 0 Å². The Kier molecular flexibility index (Phi) is 3.25. The van der Waals surface area contributed by atoms with E-state index in [1.165, 1.54) is 0 Å². The Balaban J connectivity index is 1.88. The lowest BCUT2D eigenvalue weighted by molar-refractivity contribution is -0.139. The summed E-state index contributed by atoms with van der Waals surface area (Å²) in [4.78, 5) is 16.9. The van der Waals surface area contributed by atoms with Crippen molar-refractivity contribution < 1.29 is 9.90 Å². The smallest absolute Gasteiger partial charge is 0.252 e. The highest BCUT2D eigenvalue weighted by molar-refractivity contribution is 7.11. The van der Waals surface area contributed by atoms with Crippen LogP contribution in [-0.4, -0.2) is 21.6 Å². The number of nitrogens with zero attached hydrogens (tertiary/aromatic N) is 1. The predicted molar refractivity (Wildman–Crippen MR) is 62.1 cm³/mol. The van der Waals surface area contributed by atoms with E-state index in [9.17, 15) is 9.90 Å². The number of aromatic nitrogens is 1. The lowest BCUT2D eigenvalue weighted by Gasteiger charge is -2.20. The topological polar surface area (TPSA) is 62.2 Å². The van der Waals surface area contributed by atoms with Crippen molar-refractivity contribution >= 4 is 17.2 Å². The van der Waals surface area contributed by atoms with E-state index in [2.05, 4.69) is 10.3 Å². The number of carbonyl (C=O) groups excluding carboxylic acids is 1. The van der Waals surface area contributed by atoms with Gasteiger partial charge in [-0.05, 0) is 32.6 Å². The van der Waals surface area contributed by atoms with Gasteiger partial charge < -0.3 is 10.4 Å². The quantitative estimate of drug-likeness (QED) is 0.839. The molecule has 0 spiro atoms. The number of hydrogen-bond donors (Lipinski definition) is 2. The van der Waals surface area contributed by atoms with Crippen molar-refractivity contribution in [3.8, 4) is 0 Å². The molecule has 5 heteroatoms. The molecule has 2 rings (SSSR count). The normalized spacial score (nSPS) is 18.6. The van der Waals surface area contributed by atoms with Crippen molar-refractivity contribution in [3.63, 3.8) is 0 Å². The zero-order valence-corrected chi connectivity index (χ0v) is 10.1. The molecule has 1 aromatic heterocycles. The van der Waals surface area contributed by atoms with Crippen molar-refractivity contribution in [2.75, 3.05) is 0 Å². The van der Waals surface area contributed by atoms with Crippen LogP contribution in [0.5, 0.6) is 0 Å². The van der Waals surface area contributed by atoms with E-state index in [4.69, 9.17) is 0 Å². The second kappa shape index (κ2) is 4.51. The standard InChI is InChI=1S/C11H16N2O2S/c1-8-12-6-9(16-8)7-13-10(14)11(15)4-2-3-5-11/h6,15H,2-5,7H2,1H3,(H,13,14). The molecule has 0 aromatic carbocycles. The molecule has 16 heavy (non-hydrogen) atoms. The van der Waals surface area contributed by atoms with E-state index >= 15 is 0 Å². The van der Waals surface area contributed by atoms with Crippen LogP contribution in [0.4, 0.5) is 0 Å². The van der Waals surface area contributed by atoms with Gasteiger partial charge in [-0.25, -0.2) is 4.98 Å². The van der Waals surface area contributed by atoms with Crippen molar-refractivity contribution in [3.05, 3.63) is 16.1 Å². The fourth-order valence-electron chi connectivity index (χ4n) is 2.01. The summed E-state index contributed by atoms with van der Waals surface area (Å²) < 4.78 is 0. The summed E-state index contributed by atoms with van der Waals surface area (Å²) >= 11 is 1.56. The summed E-state index contributed by atoms with van der Waals surface area (Å²) in [6, 6.07) is 0. The van der Waals surface area contributed by atoms with Crippen molar-refractivity contribution in [2.24, 2.45) is 0 Å². The average molecular weight is 240 g/mol. The molecule has 0 radical (unpaired) electrons. The molecular formula is C11H16N2O2S. The molecule has 0 aliphatic heterocycles. The molecule has 0 saturated heterocycles. The lowest BCUT2D eigenvalue weighted by Crippen LogP contribution is -2.44. The molecule has 0 atom stereocenters. The third-order valence-electron chi connectivity index (χ3n) is 2.95. The van der Waals surface area contributed by atoms with Crippen molar-refractivity contribution in [2.45, 2.75) is 44.8 Å². The van der Waals surface area contributed by atoms with Crippen LogP contribution in [0.3, 0.4) is 0 Å². The highest BCUT2D eigenvalue weighted by Crippen LogP contribution is 2.29. The average Bonchev–Trinajstić information content (AvgIpc) is 2.85. The number of aryl methyl sites for hydroxylation is 1. The van der Waals surface area contributed by atoms with Gasteiger partial charge in [0.05, 0.1) is 11.6 Å². The van der Waals surface area contributed by atoms with E-state index in [1.54, 1.807) is 17.5 Å². The second-order valence-electron chi connectivity index (χ2n) is 4.27. The number of nitrogens with one attached hydrogen (secondary N) is 1. The monoisotopic (exact) mass is 240 g/mol. The summed E-state index contributed by atoms with van der Waals surface area (Å²) in [5.41, 5.74) is -1.13. The first-order chi connectivity index (χ1) is 7.60. The van der Waals surface area contributed by atoms with Gasteiger partial charge in [-0.3, -0.25) is 4.79 Å². The molecule has 1 saturated carbocycles. The molecule has 1 heterocycles. The maximum Gasteiger partial charge on any atom is 0.252 e. The fraction of sp³-hybridized carbons (Fsp3) is 0.636. The Hall–Kier alpha value is -0.940. The summed E-state index contributed by atoms with van der Waals surface area (Å²) in [5, 5.41) is 13.8. The van der Waals surface area contributed by atoms with Crippen LogP contribution in [0.15, 0.2) is 6.20 Å². The molecular weight excluding hydrogens is 224 g/mol. The number of amides is 1. The zero-order chi connectivity index (χ0) is 11.6. The predicted octanol–water partition coefficient (Wildman–Crippen LogP) is 1.37. The van der Waals surface area contributed by atoms with Crippen LogP contribution in [0.25, 0.3) is 0 Å². The molecule has 2 N–H and O–H groups in total. The maximum atomic E-state index is 11.8. The number of hydrogen-bond acceptors (Lipinski definition) is 4. The Morgan fingerprint density at radius 2 is 2.31 bits per heavy atom. The van der Waals surface area contributed by atoms with E-state index < -0.39 is 5.60 Å². The summed E-state index contributed by atoms with van der Waals surface area (Å²) in [6.07, 6.45) is 4.80. The minimum absolute atomic E-state index is 0.240. The SMILES string of the molecule is Cc1ncc(CNC(=O)C2(O)CCCC2)s1. The molecule has 1 amide bonds. The van der Waals surface area contributed by atoms with Crippen molar-refractivity contribution in [1.29, 1.82) is 0 Å². The molecule has 1 aliphatic rings. The first-order valence-electron chi connectivity index (χ1n) is 5.52. The number of thiazole rings is 1. The molecule has 0 bridgehead atoms. The van der Waals surface area contributed by atoms with Crippen LogP contribution in [0.2, 0.25) is 0 Å². The molecule has 88 valence electrons. The van der Waals surface area contributed by atoms with Crippen LogP contribution in [-0.2, 0) is 11.3 Å². The third-order valence-corrected chi connectivity index (χ3v) is 3.86. The number of aliphatic hydroxyl groups is 1. The molecule has 0 unspecified atom stereocenters. The summed E-state index contributed by atoms with van der Waals surface area (Å²) in [6.45, 7) is 2.40. The van der Waals surface area contributed by atoms with Crippen LogP contribution < -0.4 is 5.32 Å². The van der Waals surface area contributed by atoms with E-state index in [-0.39, 0.29) is 5.91 Å². The first kappa shape index (κ1) is 11.5. The molecule has 1 aliphatic carbocycles. The minimum atomic E-state index is -1.13. The van der Waals surface area contributed by atoms with Crippen LogP contribution >= 0.6 is 11.3 Å². The van der Waals surface area contributed by atoms with E-state index in [0.717, 1.165) is 22.7 Å². The fourth-order valence-corrected chi connectivity index (χ4v) is 2.74. The highest BCUT2D eigenvalue weighted by Gasteiger charge is 2.38. The lowest BCUT2D eigenvalue weighted by atomic mass is 10.0. The van der Waals surface area contributed by atoms with Crippen LogP contribution in [0, 0.1) is 6.92 Å². The van der Waals surface area contributed by atoms with Crippen molar-refractivity contribution in [1.82, 2.24) is 10.3 Å². The summed E-state index contributed by atoms with van der Waals surface area (Å²) in [7, 11) is 0. The van der Waals surface area contributed by atoms with E-state index in [1.807, 2.05) is 6.92 Å². The Morgan fingerprint density at radius 3 is 2.88 bits per heavy atom. The van der Waals surface area contributed by atoms with Gasteiger partial charge in [0.1, 0.15) is 5.60 Å². The van der Waals surface area contributed by atoms with Gasteiger partial charge in [-0.2, -0.15) is 0 Å². The van der Waals surface area contributed by atoms with Gasteiger partial charge in [0.15, 0.2) is 0 Å². The molecule has 1 aromatic rings. The van der Waals surface area contributed by atoms with Crippen LogP contribution in [0.1, 0.15) is 35.6 Å².